The van der Waals surface area contributed by atoms with Crippen LogP contribution in [0.25, 0.3) is 6.08 Å². The van der Waals surface area contributed by atoms with Crippen molar-refractivity contribution in [2.45, 2.75) is 38.9 Å². The maximum Gasteiger partial charge on any atom is 0.491 e. The molecular weight excluding hydrogens is 247 g/mol. The molecule has 0 unspecified atom stereocenters. The van der Waals surface area contributed by atoms with Crippen molar-refractivity contribution in [1.82, 2.24) is 10.2 Å². The fraction of sp³-hybridized carbons (Fsp3) is 0.583. The number of hydrogen-bond donors (Lipinski definition) is 2. The summed E-state index contributed by atoms with van der Waals surface area (Å²) in [5.41, 5.74) is 1.35. The second kappa shape index (κ2) is 4.76. The summed E-state index contributed by atoms with van der Waals surface area (Å²) >= 11 is 4.36. The highest BCUT2D eigenvalue weighted by Crippen LogP contribution is 2.38. The standard InChI is InChI=1S/C12H19BN2O2S/c1-11(2)12(3,4)17-13(16-11)10(8-18)5-9-6-14-15-7-9/h5-7,18H,8H2,1-4H3,(H,14,15). The van der Waals surface area contributed by atoms with Crippen LogP contribution in [-0.2, 0) is 9.31 Å². The molecule has 4 nitrogen and oxygen atoms in total. The highest BCUT2D eigenvalue weighted by Gasteiger charge is 2.52. The van der Waals surface area contributed by atoms with E-state index in [2.05, 4.69) is 22.8 Å². The van der Waals surface area contributed by atoms with Crippen molar-refractivity contribution in [2.24, 2.45) is 0 Å². The van der Waals surface area contributed by atoms with E-state index in [0.717, 1.165) is 11.0 Å². The molecule has 0 spiro atoms. The van der Waals surface area contributed by atoms with E-state index in [-0.39, 0.29) is 18.3 Å². The minimum atomic E-state index is -0.345. The van der Waals surface area contributed by atoms with E-state index in [4.69, 9.17) is 9.31 Å². The zero-order valence-corrected chi connectivity index (χ0v) is 12.1. The van der Waals surface area contributed by atoms with Crippen LogP contribution in [-0.4, -0.2) is 34.3 Å². The van der Waals surface area contributed by atoms with Gasteiger partial charge in [0.05, 0.1) is 17.4 Å². The third-order valence-electron chi connectivity index (χ3n) is 3.61. The number of thiol groups is 1. The highest BCUT2D eigenvalue weighted by molar-refractivity contribution is 7.80. The molecule has 1 N–H and O–H groups in total. The van der Waals surface area contributed by atoms with Gasteiger partial charge in [-0.15, -0.1) is 0 Å². The summed E-state index contributed by atoms with van der Waals surface area (Å²) in [4.78, 5) is 0. The summed E-state index contributed by atoms with van der Waals surface area (Å²) in [5.74, 6) is 0.585. The Morgan fingerprint density at radius 3 is 2.44 bits per heavy atom. The van der Waals surface area contributed by atoms with Crippen molar-refractivity contribution in [2.75, 3.05) is 5.75 Å². The molecule has 0 aromatic carbocycles. The van der Waals surface area contributed by atoms with Gasteiger partial charge in [0.1, 0.15) is 0 Å². The second-order valence-electron chi connectivity index (χ2n) is 5.50. The van der Waals surface area contributed by atoms with Crippen LogP contribution in [0, 0.1) is 0 Å². The van der Waals surface area contributed by atoms with Crippen LogP contribution in [0.15, 0.2) is 17.9 Å². The van der Waals surface area contributed by atoms with Crippen LogP contribution >= 0.6 is 12.6 Å². The van der Waals surface area contributed by atoms with Gasteiger partial charge in [0.2, 0.25) is 0 Å². The monoisotopic (exact) mass is 266 g/mol. The maximum atomic E-state index is 6.00. The fourth-order valence-electron chi connectivity index (χ4n) is 1.74. The van der Waals surface area contributed by atoms with Crippen LogP contribution in [0.2, 0.25) is 0 Å². The van der Waals surface area contributed by atoms with Crippen molar-refractivity contribution in [3.8, 4) is 0 Å². The highest BCUT2D eigenvalue weighted by atomic mass is 32.1. The molecule has 2 heterocycles. The van der Waals surface area contributed by atoms with Crippen LogP contribution in [0.5, 0.6) is 0 Å². The van der Waals surface area contributed by atoms with E-state index in [1.54, 1.807) is 6.20 Å². The molecule has 1 aromatic rings. The van der Waals surface area contributed by atoms with Gasteiger partial charge in [0.15, 0.2) is 0 Å². The summed E-state index contributed by atoms with van der Waals surface area (Å²) < 4.78 is 12.0. The topological polar surface area (TPSA) is 47.1 Å². The molecule has 98 valence electrons. The van der Waals surface area contributed by atoms with Gasteiger partial charge in [-0.25, -0.2) is 0 Å². The van der Waals surface area contributed by atoms with E-state index < -0.39 is 0 Å². The Balaban J connectivity index is 2.22. The molecule has 0 bridgehead atoms. The molecule has 0 amide bonds. The van der Waals surface area contributed by atoms with Gasteiger partial charge in [-0.1, -0.05) is 6.08 Å². The minimum absolute atomic E-state index is 0.323. The van der Waals surface area contributed by atoms with Gasteiger partial charge in [0.25, 0.3) is 0 Å². The Hall–Kier alpha value is -0.715. The molecule has 0 atom stereocenters. The number of hydrogen-bond acceptors (Lipinski definition) is 4. The normalized spacial score (nSPS) is 22.5. The van der Waals surface area contributed by atoms with Gasteiger partial charge in [0, 0.05) is 17.5 Å². The first-order valence-electron chi connectivity index (χ1n) is 6.01. The lowest BCUT2D eigenvalue weighted by Gasteiger charge is -2.32. The number of nitrogens with one attached hydrogen (secondary N) is 1. The van der Waals surface area contributed by atoms with Crippen molar-refractivity contribution < 1.29 is 9.31 Å². The van der Waals surface area contributed by atoms with Crippen molar-refractivity contribution >= 4 is 25.8 Å². The van der Waals surface area contributed by atoms with Gasteiger partial charge in [-0.3, -0.25) is 5.10 Å². The molecule has 1 aliphatic rings. The second-order valence-corrected chi connectivity index (χ2v) is 5.81. The summed E-state index contributed by atoms with van der Waals surface area (Å²) in [7, 11) is -0.345. The number of nitrogens with zero attached hydrogens (tertiary/aromatic N) is 1. The maximum absolute atomic E-state index is 6.00. The van der Waals surface area contributed by atoms with E-state index in [9.17, 15) is 0 Å². The molecule has 0 aliphatic carbocycles. The lowest BCUT2D eigenvalue weighted by molar-refractivity contribution is 0.00578. The molecule has 18 heavy (non-hydrogen) atoms. The molecule has 1 aliphatic heterocycles. The molecular formula is C12H19BN2O2S. The first-order valence-corrected chi connectivity index (χ1v) is 6.65. The van der Waals surface area contributed by atoms with E-state index in [0.29, 0.717) is 5.75 Å². The van der Waals surface area contributed by atoms with Crippen molar-refractivity contribution in [3.05, 3.63) is 23.4 Å². The third kappa shape index (κ3) is 2.51. The quantitative estimate of drug-likeness (QED) is 0.652. The Kier molecular flexibility index (Phi) is 3.62. The largest absolute Gasteiger partial charge is 0.491 e. The van der Waals surface area contributed by atoms with Crippen molar-refractivity contribution in [1.29, 1.82) is 0 Å². The molecule has 0 radical (unpaired) electrons. The number of aromatic amines is 1. The molecule has 1 fully saturated rings. The minimum Gasteiger partial charge on any atom is -0.400 e. The van der Waals surface area contributed by atoms with Crippen LogP contribution in [0.3, 0.4) is 0 Å². The predicted octanol–water partition coefficient (Wildman–Crippen LogP) is 2.35. The number of rotatable bonds is 3. The summed E-state index contributed by atoms with van der Waals surface area (Å²) in [5, 5.41) is 6.70. The fourth-order valence-corrected chi connectivity index (χ4v) is 1.98. The summed E-state index contributed by atoms with van der Waals surface area (Å²) in [6.45, 7) is 8.17. The smallest absolute Gasteiger partial charge is 0.400 e. The molecule has 6 heteroatoms. The van der Waals surface area contributed by atoms with Gasteiger partial charge in [-0.2, -0.15) is 17.7 Å². The average Bonchev–Trinajstić information content (AvgIpc) is 2.82. The Labute approximate surface area is 114 Å². The zero-order chi connectivity index (χ0) is 13.4. The van der Waals surface area contributed by atoms with E-state index >= 15 is 0 Å². The third-order valence-corrected chi connectivity index (χ3v) is 3.98. The number of aromatic nitrogens is 2. The van der Waals surface area contributed by atoms with Gasteiger partial charge in [-0.05, 0) is 33.2 Å². The molecule has 1 saturated heterocycles. The predicted molar refractivity (Wildman–Crippen MR) is 76.5 cm³/mol. The van der Waals surface area contributed by atoms with E-state index in [1.165, 1.54) is 0 Å². The Bertz CT molecular complexity index is 427. The zero-order valence-electron chi connectivity index (χ0n) is 11.2. The first kappa shape index (κ1) is 13.7. The lowest BCUT2D eigenvalue weighted by Crippen LogP contribution is -2.41. The van der Waals surface area contributed by atoms with Crippen LogP contribution in [0.1, 0.15) is 33.3 Å². The summed E-state index contributed by atoms with van der Waals surface area (Å²) in [6, 6.07) is 0. The van der Waals surface area contributed by atoms with Gasteiger partial charge >= 0.3 is 7.12 Å². The number of H-pyrrole nitrogens is 1. The van der Waals surface area contributed by atoms with Crippen LogP contribution < -0.4 is 0 Å². The lowest BCUT2D eigenvalue weighted by atomic mass is 9.78. The molecule has 0 saturated carbocycles. The average molecular weight is 266 g/mol. The Morgan fingerprint density at radius 1 is 1.39 bits per heavy atom. The SMILES string of the molecule is CC1(C)OB(C(=Cc2cn[nH]c2)CS)OC1(C)C. The van der Waals surface area contributed by atoms with E-state index in [1.807, 2.05) is 40.0 Å². The van der Waals surface area contributed by atoms with Crippen LogP contribution in [0.4, 0.5) is 0 Å². The van der Waals surface area contributed by atoms with Gasteiger partial charge < -0.3 is 9.31 Å². The van der Waals surface area contributed by atoms with Crippen molar-refractivity contribution in [3.63, 3.8) is 0 Å². The summed E-state index contributed by atoms with van der Waals surface area (Å²) in [6.07, 6.45) is 5.59. The Morgan fingerprint density at radius 2 is 2.00 bits per heavy atom. The first-order chi connectivity index (χ1) is 8.36. The molecule has 1 aromatic heterocycles. The molecule has 2 rings (SSSR count).